The number of nitrogens with zero attached hydrogens (tertiary/aromatic N) is 1. The molecule has 1 aliphatic heterocycles. The largest absolute Gasteiger partial charge is 0.489 e. The monoisotopic (exact) mass is 330 g/mol. The van der Waals surface area contributed by atoms with Crippen LogP contribution in [0.3, 0.4) is 0 Å². The zero-order valence-corrected chi connectivity index (χ0v) is 14.5. The van der Waals surface area contributed by atoms with Crippen molar-refractivity contribution in [3.05, 3.63) is 24.3 Å². The van der Waals surface area contributed by atoms with E-state index < -0.39 is 5.41 Å². The van der Waals surface area contributed by atoms with Gasteiger partial charge in [0.2, 0.25) is 11.8 Å². The van der Waals surface area contributed by atoms with Crippen LogP contribution in [0.15, 0.2) is 24.3 Å². The number of carbonyl (C=O) groups excluding carboxylic acids is 2. The van der Waals surface area contributed by atoms with Crippen LogP contribution in [-0.4, -0.2) is 35.9 Å². The van der Waals surface area contributed by atoms with Crippen molar-refractivity contribution < 1.29 is 14.3 Å². The number of hydrogen-bond donors (Lipinski definition) is 1. The van der Waals surface area contributed by atoms with Crippen LogP contribution in [0, 0.1) is 5.41 Å². The van der Waals surface area contributed by atoms with E-state index >= 15 is 0 Å². The van der Waals surface area contributed by atoms with E-state index in [9.17, 15) is 9.59 Å². The normalized spacial score (nSPS) is 19.0. The summed E-state index contributed by atoms with van der Waals surface area (Å²) in [4.78, 5) is 27.5. The fraction of sp³-hybridized carbons (Fsp3) is 0.579. The third-order valence-corrected chi connectivity index (χ3v) is 4.74. The molecular weight excluding hydrogens is 304 g/mol. The predicted molar refractivity (Wildman–Crippen MR) is 92.9 cm³/mol. The van der Waals surface area contributed by atoms with Crippen molar-refractivity contribution in [2.24, 2.45) is 5.41 Å². The van der Waals surface area contributed by atoms with Crippen molar-refractivity contribution in [2.75, 3.05) is 18.4 Å². The Labute approximate surface area is 143 Å². The Hall–Kier alpha value is -2.04. The van der Waals surface area contributed by atoms with Crippen LogP contribution in [0.5, 0.6) is 5.75 Å². The number of benzene rings is 1. The molecule has 24 heavy (non-hydrogen) atoms. The van der Waals surface area contributed by atoms with Crippen molar-refractivity contribution in [3.63, 3.8) is 0 Å². The lowest BCUT2D eigenvalue weighted by molar-refractivity contribution is -0.143. The lowest BCUT2D eigenvalue weighted by Gasteiger charge is -2.30. The first-order valence-corrected chi connectivity index (χ1v) is 8.89. The molecule has 0 spiro atoms. The van der Waals surface area contributed by atoms with Crippen molar-refractivity contribution in [3.8, 4) is 5.75 Å². The highest BCUT2D eigenvalue weighted by Gasteiger charge is 2.58. The highest BCUT2D eigenvalue weighted by atomic mass is 16.5. The lowest BCUT2D eigenvalue weighted by atomic mass is 10.0. The van der Waals surface area contributed by atoms with Crippen LogP contribution in [-0.2, 0) is 9.59 Å². The number of piperidine rings is 1. The average molecular weight is 330 g/mol. The van der Waals surface area contributed by atoms with Crippen molar-refractivity contribution in [1.82, 2.24) is 4.90 Å². The zero-order valence-electron chi connectivity index (χ0n) is 14.5. The van der Waals surface area contributed by atoms with E-state index in [1.807, 2.05) is 43.0 Å². The van der Waals surface area contributed by atoms with E-state index in [0.717, 1.165) is 25.9 Å². The molecule has 0 bridgehead atoms. The van der Waals surface area contributed by atoms with Gasteiger partial charge >= 0.3 is 0 Å². The zero-order chi connectivity index (χ0) is 17.2. The number of anilines is 1. The number of ether oxygens (including phenoxy) is 1. The Morgan fingerprint density at radius 1 is 1.12 bits per heavy atom. The molecule has 1 heterocycles. The van der Waals surface area contributed by atoms with Gasteiger partial charge in [-0.3, -0.25) is 9.59 Å². The Balaban J connectivity index is 1.72. The number of rotatable bonds is 5. The molecule has 1 aliphatic carbocycles. The maximum Gasteiger partial charge on any atom is 0.240 e. The van der Waals surface area contributed by atoms with Gasteiger partial charge in [-0.2, -0.15) is 0 Å². The van der Waals surface area contributed by atoms with Crippen LogP contribution in [0.4, 0.5) is 5.69 Å². The number of hydrogen-bond acceptors (Lipinski definition) is 3. The molecule has 0 radical (unpaired) electrons. The van der Waals surface area contributed by atoms with E-state index in [-0.39, 0.29) is 17.9 Å². The van der Waals surface area contributed by atoms with Crippen molar-refractivity contribution in [2.45, 2.75) is 52.1 Å². The summed E-state index contributed by atoms with van der Waals surface area (Å²) in [5, 5.41) is 2.93. The first kappa shape index (κ1) is 16.8. The van der Waals surface area contributed by atoms with Crippen LogP contribution >= 0.6 is 0 Å². The SMILES string of the molecule is CC(C)Oc1ccccc1NC(=O)C1(C(=O)N2CCCCC2)CC1. The van der Waals surface area contributed by atoms with Gasteiger partial charge in [-0.15, -0.1) is 0 Å². The molecule has 0 atom stereocenters. The number of likely N-dealkylation sites (tertiary alicyclic amines) is 1. The van der Waals surface area contributed by atoms with E-state index in [4.69, 9.17) is 4.74 Å². The summed E-state index contributed by atoms with van der Waals surface area (Å²) in [7, 11) is 0. The molecule has 5 heteroatoms. The van der Waals surface area contributed by atoms with Crippen LogP contribution in [0.25, 0.3) is 0 Å². The molecule has 1 saturated carbocycles. The van der Waals surface area contributed by atoms with E-state index in [1.54, 1.807) is 0 Å². The molecule has 2 amide bonds. The number of para-hydroxylation sites is 2. The fourth-order valence-corrected chi connectivity index (χ4v) is 3.23. The molecule has 1 aromatic rings. The van der Waals surface area contributed by atoms with Gasteiger partial charge in [0.15, 0.2) is 0 Å². The molecule has 1 aromatic carbocycles. The average Bonchev–Trinajstić information content (AvgIpc) is 3.38. The summed E-state index contributed by atoms with van der Waals surface area (Å²) in [5.41, 5.74) is -0.226. The molecule has 130 valence electrons. The standard InChI is InChI=1S/C19H26N2O3/c1-14(2)24-16-9-5-4-8-15(16)20-17(22)19(10-11-19)18(23)21-12-6-3-7-13-21/h4-5,8-9,14H,3,6-7,10-13H2,1-2H3,(H,20,22). The molecule has 1 saturated heterocycles. The predicted octanol–water partition coefficient (Wildman–Crippen LogP) is 3.21. The Morgan fingerprint density at radius 2 is 1.79 bits per heavy atom. The molecule has 1 N–H and O–H groups in total. The minimum atomic E-state index is -0.859. The summed E-state index contributed by atoms with van der Waals surface area (Å²) in [6.45, 7) is 5.45. The molecule has 0 unspecified atom stereocenters. The third kappa shape index (κ3) is 3.40. The van der Waals surface area contributed by atoms with Gasteiger partial charge in [0.05, 0.1) is 11.8 Å². The second kappa shape index (κ2) is 6.83. The van der Waals surface area contributed by atoms with E-state index in [0.29, 0.717) is 24.3 Å². The van der Waals surface area contributed by atoms with Crippen molar-refractivity contribution >= 4 is 17.5 Å². The summed E-state index contributed by atoms with van der Waals surface area (Å²) < 4.78 is 5.75. The van der Waals surface area contributed by atoms with Crippen LogP contribution in [0.1, 0.15) is 46.0 Å². The van der Waals surface area contributed by atoms with Crippen molar-refractivity contribution in [1.29, 1.82) is 0 Å². The quantitative estimate of drug-likeness (QED) is 0.844. The summed E-state index contributed by atoms with van der Waals surface area (Å²) in [6, 6.07) is 7.38. The van der Waals surface area contributed by atoms with E-state index in [1.165, 1.54) is 6.42 Å². The molecule has 3 rings (SSSR count). The maximum atomic E-state index is 12.8. The van der Waals surface area contributed by atoms with Crippen LogP contribution < -0.4 is 10.1 Å². The maximum absolute atomic E-state index is 12.8. The minimum Gasteiger partial charge on any atom is -0.489 e. The summed E-state index contributed by atoms with van der Waals surface area (Å²) in [6.07, 6.45) is 4.54. The molecular formula is C19H26N2O3. The van der Waals surface area contributed by atoms with Gasteiger partial charge < -0.3 is 15.0 Å². The first-order chi connectivity index (χ1) is 11.5. The number of amides is 2. The van der Waals surface area contributed by atoms with E-state index in [2.05, 4.69) is 5.32 Å². The fourth-order valence-electron chi connectivity index (χ4n) is 3.23. The van der Waals surface area contributed by atoms with Gasteiger partial charge in [-0.05, 0) is 58.1 Å². The molecule has 2 fully saturated rings. The van der Waals surface area contributed by atoms with Gasteiger partial charge in [0.1, 0.15) is 11.2 Å². The second-order valence-electron chi connectivity index (χ2n) is 7.05. The summed E-state index contributed by atoms with van der Waals surface area (Å²) >= 11 is 0. The highest BCUT2D eigenvalue weighted by molar-refractivity contribution is 6.13. The third-order valence-electron chi connectivity index (χ3n) is 4.74. The molecule has 2 aliphatic rings. The van der Waals surface area contributed by atoms with Crippen LogP contribution in [0.2, 0.25) is 0 Å². The smallest absolute Gasteiger partial charge is 0.240 e. The molecule has 0 aromatic heterocycles. The Kier molecular flexibility index (Phi) is 4.78. The highest BCUT2D eigenvalue weighted by Crippen LogP contribution is 2.48. The lowest BCUT2D eigenvalue weighted by Crippen LogP contribution is -2.45. The Bertz CT molecular complexity index is 617. The first-order valence-electron chi connectivity index (χ1n) is 8.89. The molecule has 5 nitrogen and oxygen atoms in total. The van der Waals surface area contributed by atoms with Gasteiger partial charge in [-0.1, -0.05) is 12.1 Å². The minimum absolute atomic E-state index is 0.00181. The topological polar surface area (TPSA) is 58.6 Å². The second-order valence-corrected chi connectivity index (χ2v) is 7.05. The van der Waals surface area contributed by atoms with Gasteiger partial charge in [-0.25, -0.2) is 0 Å². The number of carbonyl (C=O) groups is 2. The van der Waals surface area contributed by atoms with Gasteiger partial charge in [0.25, 0.3) is 0 Å². The number of nitrogens with one attached hydrogen (secondary N) is 1. The van der Waals surface area contributed by atoms with Gasteiger partial charge in [0, 0.05) is 13.1 Å². The summed E-state index contributed by atoms with van der Waals surface area (Å²) in [5.74, 6) is 0.446. The Morgan fingerprint density at radius 3 is 2.42 bits per heavy atom.